The van der Waals surface area contributed by atoms with E-state index in [2.05, 4.69) is 20.8 Å². The number of carbonyl (C=O) groups is 1. The molecule has 3 atom stereocenters. The Hall–Kier alpha value is -0.330. The zero-order valence-corrected chi connectivity index (χ0v) is 8.97. The standard InChI is InChI=1S/C12H20O/c1-12(2,3)10-5-4-8-6-9(10)11(13)7-8/h8-10H,4-7H2,1-3H3/t8-,9-,10+/m1/s1. The molecule has 0 N–H and O–H groups in total. The van der Waals surface area contributed by atoms with Crippen molar-refractivity contribution in [3.05, 3.63) is 0 Å². The SMILES string of the molecule is CC(C)(C)[C@H]1CC[C@H]2CC(=O)[C@@H]1C2. The van der Waals surface area contributed by atoms with Crippen molar-refractivity contribution in [1.29, 1.82) is 0 Å². The molecule has 0 unspecified atom stereocenters. The molecule has 2 aliphatic carbocycles. The Labute approximate surface area is 80.9 Å². The molecule has 2 fully saturated rings. The van der Waals surface area contributed by atoms with Crippen LogP contribution in [-0.4, -0.2) is 5.78 Å². The Kier molecular flexibility index (Phi) is 2.01. The van der Waals surface area contributed by atoms with Gasteiger partial charge < -0.3 is 0 Å². The number of hydrogen-bond acceptors (Lipinski definition) is 1. The number of carbonyl (C=O) groups excluding carboxylic acids is 1. The summed E-state index contributed by atoms with van der Waals surface area (Å²) in [6.07, 6.45) is 4.66. The van der Waals surface area contributed by atoms with Gasteiger partial charge in [-0.3, -0.25) is 4.79 Å². The lowest BCUT2D eigenvalue weighted by Crippen LogP contribution is -2.32. The minimum absolute atomic E-state index is 0.329. The molecule has 2 bridgehead atoms. The third-order valence-corrected chi connectivity index (χ3v) is 3.97. The molecule has 0 saturated heterocycles. The van der Waals surface area contributed by atoms with E-state index in [-0.39, 0.29) is 0 Å². The third kappa shape index (κ3) is 1.53. The maximum absolute atomic E-state index is 11.7. The summed E-state index contributed by atoms with van der Waals surface area (Å²) in [7, 11) is 0. The Morgan fingerprint density at radius 2 is 1.92 bits per heavy atom. The summed E-state index contributed by atoms with van der Waals surface area (Å²) in [6, 6.07) is 0. The van der Waals surface area contributed by atoms with Crippen molar-refractivity contribution in [3.63, 3.8) is 0 Å². The largest absolute Gasteiger partial charge is 0.299 e. The summed E-state index contributed by atoms with van der Waals surface area (Å²) in [4.78, 5) is 11.7. The molecule has 2 rings (SSSR count). The van der Waals surface area contributed by atoms with Gasteiger partial charge in [-0.05, 0) is 36.5 Å². The first-order valence-corrected chi connectivity index (χ1v) is 5.51. The van der Waals surface area contributed by atoms with Crippen LogP contribution in [0.1, 0.15) is 46.5 Å². The maximum Gasteiger partial charge on any atom is 0.136 e. The normalized spacial score (nSPS) is 39.6. The van der Waals surface area contributed by atoms with Crippen molar-refractivity contribution in [2.75, 3.05) is 0 Å². The van der Waals surface area contributed by atoms with Crippen LogP contribution in [0.15, 0.2) is 0 Å². The Morgan fingerprint density at radius 3 is 2.54 bits per heavy atom. The van der Waals surface area contributed by atoms with Gasteiger partial charge in [0.15, 0.2) is 0 Å². The van der Waals surface area contributed by atoms with Crippen molar-refractivity contribution < 1.29 is 4.79 Å². The van der Waals surface area contributed by atoms with E-state index in [0.29, 0.717) is 23.0 Å². The molecule has 0 aliphatic heterocycles. The van der Waals surface area contributed by atoms with Gasteiger partial charge in [0.05, 0.1) is 0 Å². The van der Waals surface area contributed by atoms with Gasteiger partial charge >= 0.3 is 0 Å². The molecule has 0 amide bonds. The van der Waals surface area contributed by atoms with Crippen molar-refractivity contribution in [2.24, 2.45) is 23.2 Å². The first kappa shape index (κ1) is 9.23. The second kappa shape index (κ2) is 2.83. The van der Waals surface area contributed by atoms with Crippen LogP contribution in [-0.2, 0) is 4.79 Å². The molecule has 13 heavy (non-hydrogen) atoms. The molecule has 1 nitrogen and oxygen atoms in total. The fourth-order valence-corrected chi connectivity index (χ4v) is 3.27. The number of fused-ring (bicyclic) bond motifs is 2. The van der Waals surface area contributed by atoms with Crippen LogP contribution in [0, 0.1) is 23.2 Å². The Balaban J connectivity index is 2.18. The smallest absolute Gasteiger partial charge is 0.136 e. The van der Waals surface area contributed by atoms with E-state index in [4.69, 9.17) is 0 Å². The van der Waals surface area contributed by atoms with E-state index < -0.39 is 0 Å². The average Bonchev–Trinajstić information content (AvgIpc) is 2.26. The lowest BCUT2D eigenvalue weighted by molar-refractivity contribution is -0.123. The Morgan fingerprint density at radius 1 is 1.23 bits per heavy atom. The molecule has 0 aromatic carbocycles. The summed E-state index contributed by atoms with van der Waals surface area (Å²) < 4.78 is 0. The van der Waals surface area contributed by atoms with E-state index in [1.807, 2.05) is 0 Å². The fraction of sp³-hybridized carbons (Fsp3) is 0.917. The highest BCUT2D eigenvalue weighted by molar-refractivity contribution is 5.84. The van der Waals surface area contributed by atoms with E-state index in [0.717, 1.165) is 12.3 Å². The number of Topliss-reactive ketones (excluding diaryl/α,β-unsaturated/α-hetero) is 1. The third-order valence-electron chi connectivity index (χ3n) is 3.97. The summed E-state index contributed by atoms with van der Waals surface area (Å²) in [5.41, 5.74) is 0.329. The molecule has 0 aromatic heterocycles. The molecule has 0 spiro atoms. The first-order valence-electron chi connectivity index (χ1n) is 5.51. The van der Waals surface area contributed by atoms with Crippen LogP contribution in [0.2, 0.25) is 0 Å². The monoisotopic (exact) mass is 180 g/mol. The van der Waals surface area contributed by atoms with Crippen molar-refractivity contribution >= 4 is 5.78 Å². The van der Waals surface area contributed by atoms with E-state index in [1.54, 1.807) is 0 Å². The summed E-state index contributed by atoms with van der Waals surface area (Å²) in [5.74, 6) is 2.37. The fourth-order valence-electron chi connectivity index (χ4n) is 3.27. The lowest BCUT2D eigenvalue weighted by Gasteiger charge is -2.37. The maximum atomic E-state index is 11.7. The topological polar surface area (TPSA) is 17.1 Å². The highest BCUT2D eigenvalue weighted by Gasteiger charge is 2.45. The average molecular weight is 180 g/mol. The van der Waals surface area contributed by atoms with Gasteiger partial charge in [-0.15, -0.1) is 0 Å². The van der Waals surface area contributed by atoms with E-state index in [1.165, 1.54) is 19.3 Å². The molecule has 0 radical (unpaired) electrons. The van der Waals surface area contributed by atoms with Crippen LogP contribution in [0.5, 0.6) is 0 Å². The molecular formula is C12H20O. The second-order valence-electron chi connectivity index (χ2n) is 5.93. The first-order chi connectivity index (χ1) is 5.98. The molecule has 1 heteroatoms. The van der Waals surface area contributed by atoms with Gasteiger partial charge in [0.2, 0.25) is 0 Å². The summed E-state index contributed by atoms with van der Waals surface area (Å²) >= 11 is 0. The molecule has 0 heterocycles. The van der Waals surface area contributed by atoms with Gasteiger partial charge in [-0.2, -0.15) is 0 Å². The highest BCUT2D eigenvalue weighted by Crippen LogP contribution is 2.49. The zero-order valence-electron chi connectivity index (χ0n) is 8.97. The van der Waals surface area contributed by atoms with Crippen LogP contribution < -0.4 is 0 Å². The quantitative estimate of drug-likeness (QED) is 0.560. The molecule has 2 saturated carbocycles. The highest BCUT2D eigenvalue weighted by atomic mass is 16.1. The van der Waals surface area contributed by atoms with E-state index >= 15 is 0 Å². The molecule has 0 aromatic rings. The van der Waals surface area contributed by atoms with Crippen molar-refractivity contribution in [2.45, 2.75) is 46.5 Å². The molecule has 74 valence electrons. The predicted molar refractivity (Wildman–Crippen MR) is 53.4 cm³/mol. The van der Waals surface area contributed by atoms with Crippen LogP contribution in [0.4, 0.5) is 0 Å². The van der Waals surface area contributed by atoms with Gasteiger partial charge in [0.25, 0.3) is 0 Å². The minimum atomic E-state index is 0.329. The second-order valence-corrected chi connectivity index (χ2v) is 5.93. The van der Waals surface area contributed by atoms with Gasteiger partial charge in [0.1, 0.15) is 5.78 Å². The van der Waals surface area contributed by atoms with Crippen LogP contribution in [0.3, 0.4) is 0 Å². The van der Waals surface area contributed by atoms with Gasteiger partial charge in [-0.1, -0.05) is 20.8 Å². The van der Waals surface area contributed by atoms with Crippen LogP contribution in [0.25, 0.3) is 0 Å². The van der Waals surface area contributed by atoms with Gasteiger partial charge in [0, 0.05) is 12.3 Å². The van der Waals surface area contributed by atoms with E-state index in [9.17, 15) is 4.79 Å². The van der Waals surface area contributed by atoms with Crippen LogP contribution >= 0.6 is 0 Å². The summed E-state index contributed by atoms with van der Waals surface area (Å²) in [6.45, 7) is 6.84. The van der Waals surface area contributed by atoms with Crippen molar-refractivity contribution in [1.82, 2.24) is 0 Å². The zero-order chi connectivity index (χ0) is 9.64. The van der Waals surface area contributed by atoms with Gasteiger partial charge in [-0.25, -0.2) is 0 Å². The number of rotatable bonds is 0. The molecule has 2 aliphatic rings. The summed E-state index contributed by atoms with van der Waals surface area (Å²) in [5, 5.41) is 0. The Bertz CT molecular complexity index is 224. The number of ketones is 1. The molecular weight excluding hydrogens is 160 g/mol. The van der Waals surface area contributed by atoms with Crippen molar-refractivity contribution in [3.8, 4) is 0 Å². The number of hydrogen-bond donors (Lipinski definition) is 0. The minimum Gasteiger partial charge on any atom is -0.299 e. The lowest BCUT2D eigenvalue weighted by atomic mass is 9.67. The predicted octanol–water partition coefficient (Wildman–Crippen LogP) is 3.04.